The van der Waals surface area contributed by atoms with Gasteiger partial charge >= 0.3 is 0 Å². The zero-order valence-electron chi connectivity index (χ0n) is 18.1. The van der Waals surface area contributed by atoms with E-state index in [2.05, 4.69) is 25.2 Å². The van der Waals surface area contributed by atoms with Gasteiger partial charge in [0, 0.05) is 49.2 Å². The summed E-state index contributed by atoms with van der Waals surface area (Å²) in [6.45, 7) is 6.60. The van der Waals surface area contributed by atoms with Crippen molar-refractivity contribution in [3.8, 4) is 11.4 Å². The Morgan fingerprint density at radius 1 is 1.12 bits per heavy atom. The van der Waals surface area contributed by atoms with E-state index in [9.17, 15) is 14.0 Å². The van der Waals surface area contributed by atoms with E-state index in [0.29, 0.717) is 30.2 Å². The predicted octanol–water partition coefficient (Wildman–Crippen LogP) is 2.35. The van der Waals surface area contributed by atoms with E-state index in [-0.39, 0.29) is 23.7 Å². The van der Waals surface area contributed by atoms with Crippen molar-refractivity contribution in [2.75, 3.05) is 42.9 Å². The first kappa shape index (κ1) is 21.6. The molecule has 2 N–H and O–H groups in total. The number of H-pyrrole nitrogens is 1. The molecule has 0 radical (unpaired) electrons. The first-order chi connectivity index (χ1) is 15.4. The molecule has 1 aromatic carbocycles. The number of carbonyl (C=O) groups is 1. The molecular weight excluding hydrogens is 411 g/mol. The maximum absolute atomic E-state index is 13.7. The zero-order valence-corrected chi connectivity index (χ0v) is 18.1. The smallest absolute Gasteiger partial charge is 0.254 e. The second-order valence-electron chi connectivity index (χ2n) is 7.82. The summed E-state index contributed by atoms with van der Waals surface area (Å²) < 4.78 is 13.7. The summed E-state index contributed by atoms with van der Waals surface area (Å²) in [6.07, 6.45) is 1.70. The Balaban J connectivity index is 1.33. The molecular formula is C23H25FN6O2. The molecule has 0 unspecified atom stereocenters. The Morgan fingerprint density at radius 3 is 2.53 bits per heavy atom. The zero-order chi connectivity index (χ0) is 22.7. The third kappa shape index (κ3) is 4.83. The number of para-hydroxylation sites is 1. The van der Waals surface area contributed by atoms with Crippen LogP contribution in [0.1, 0.15) is 11.3 Å². The lowest BCUT2D eigenvalue weighted by Crippen LogP contribution is -2.48. The lowest BCUT2D eigenvalue weighted by atomic mass is 10.2. The fraction of sp³-hybridized carbons (Fsp3) is 0.304. The SMILES string of the molecule is Cc1nc(-c2ccc(N3CCN(CC(=O)Nc4ccccc4F)CC3)nc2)[nH]c(=O)c1C. The molecule has 3 aromatic rings. The second kappa shape index (κ2) is 9.27. The average molecular weight is 436 g/mol. The Hall–Kier alpha value is -3.59. The molecule has 0 spiro atoms. The van der Waals surface area contributed by atoms with Crippen LogP contribution in [0.4, 0.5) is 15.9 Å². The summed E-state index contributed by atoms with van der Waals surface area (Å²) in [5.74, 6) is 0.652. The lowest BCUT2D eigenvalue weighted by Gasteiger charge is -2.35. The first-order valence-electron chi connectivity index (χ1n) is 10.5. The highest BCUT2D eigenvalue weighted by Crippen LogP contribution is 2.19. The number of carbonyl (C=O) groups excluding carboxylic acids is 1. The Labute approximate surface area is 185 Å². The minimum absolute atomic E-state index is 0.147. The van der Waals surface area contributed by atoms with E-state index >= 15 is 0 Å². The Kier molecular flexibility index (Phi) is 6.27. The third-order valence-corrected chi connectivity index (χ3v) is 5.63. The van der Waals surface area contributed by atoms with Crippen LogP contribution in [-0.4, -0.2) is 58.5 Å². The van der Waals surface area contributed by atoms with Crippen LogP contribution in [0.2, 0.25) is 0 Å². The van der Waals surface area contributed by atoms with Crippen LogP contribution in [0, 0.1) is 19.7 Å². The van der Waals surface area contributed by atoms with E-state index in [1.807, 2.05) is 24.0 Å². The number of hydrogen-bond acceptors (Lipinski definition) is 6. The monoisotopic (exact) mass is 436 g/mol. The number of aryl methyl sites for hydroxylation is 1. The minimum atomic E-state index is -0.444. The summed E-state index contributed by atoms with van der Waals surface area (Å²) in [5.41, 5.74) is 2.10. The number of benzene rings is 1. The maximum atomic E-state index is 13.7. The van der Waals surface area contributed by atoms with Crippen LogP contribution in [0.5, 0.6) is 0 Å². The number of halogens is 1. The molecule has 1 aliphatic heterocycles. The van der Waals surface area contributed by atoms with Gasteiger partial charge in [-0.15, -0.1) is 0 Å². The van der Waals surface area contributed by atoms with Crippen LogP contribution >= 0.6 is 0 Å². The van der Waals surface area contributed by atoms with Gasteiger partial charge in [0.1, 0.15) is 17.5 Å². The van der Waals surface area contributed by atoms with E-state index in [4.69, 9.17) is 0 Å². The molecule has 1 saturated heterocycles. The van der Waals surface area contributed by atoms with Crippen molar-refractivity contribution >= 4 is 17.4 Å². The molecule has 0 aliphatic carbocycles. The van der Waals surface area contributed by atoms with E-state index < -0.39 is 5.82 Å². The van der Waals surface area contributed by atoms with Crippen molar-refractivity contribution < 1.29 is 9.18 Å². The minimum Gasteiger partial charge on any atom is -0.354 e. The number of aromatic nitrogens is 3. The molecule has 1 amide bonds. The van der Waals surface area contributed by atoms with Crippen molar-refractivity contribution in [3.05, 3.63) is 70.0 Å². The topological polar surface area (TPSA) is 94.2 Å². The average Bonchev–Trinajstić information content (AvgIpc) is 2.79. The molecule has 9 heteroatoms. The van der Waals surface area contributed by atoms with Gasteiger partial charge in [0.05, 0.1) is 12.2 Å². The molecule has 3 heterocycles. The van der Waals surface area contributed by atoms with Gasteiger partial charge in [0.15, 0.2) is 0 Å². The number of pyridine rings is 1. The molecule has 8 nitrogen and oxygen atoms in total. The predicted molar refractivity (Wildman–Crippen MR) is 121 cm³/mol. The summed E-state index contributed by atoms with van der Waals surface area (Å²) in [4.78, 5) is 40.2. The maximum Gasteiger partial charge on any atom is 0.254 e. The van der Waals surface area contributed by atoms with Gasteiger partial charge in [-0.1, -0.05) is 12.1 Å². The Morgan fingerprint density at radius 2 is 1.88 bits per heavy atom. The fourth-order valence-electron chi connectivity index (χ4n) is 3.59. The number of hydrogen-bond donors (Lipinski definition) is 2. The molecule has 4 rings (SSSR count). The van der Waals surface area contributed by atoms with Crippen molar-refractivity contribution in [3.63, 3.8) is 0 Å². The number of rotatable bonds is 5. The molecule has 32 heavy (non-hydrogen) atoms. The normalized spacial score (nSPS) is 14.4. The van der Waals surface area contributed by atoms with Crippen molar-refractivity contribution in [1.29, 1.82) is 0 Å². The van der Waals surface area contributed by atoms with Gasteiger partial charge in [-0.3, -0.25) is 14.5 Å². The Bertz CT molecular complexity index is 1170. The molecule has 0 saturated carbocycles. The highest BCUT2D eigenvalue weighted by atomic mass is 19.1. The number of piperazine rings is 1. The number of amides is 1. The molecule has 1 fully saturated rings. The summed E-state index contributed by atoms with van der Waals surface area (Å²) >= 11 is 0. The number of nitrogens with one attached hydrogen (secondary N) is 2. The lowest BCUT2D eigenvalue weighted by molar-refractivity contribution is -0.117. The highest BCUT2D eigenvalue weighted by molar-refractivity contribution is 5.92. The highest BCUT2D eigenvalue weighted by Gasteiger charge is 2.20. The van der Waals surface area contributed by atoms with E-state index in [1.54, 1.807) is 31.3 Å². The quantitative estimate of drug-likeness (QED) is 0.638. The van der Waals surface area contributed by atoms with Crippen LogP contribution in [0.15, 0.2) is 47.4 Å². The fourth-order valence-corrected chi connectivity index (χ4v) is 3.59. The van der Waals surface area contributed by atoms with E-state index in [0.717, 1.165) is 24.5 Å². The summed E-state index contributed by atoms with van der Waals surface area (Å²) in [5, 5.41) is 2.62. The summed E-state index contributed by atoms with van der Waals surface area (Å²) in [7, 11) is 0. The number of aromatic amines is 1. The number of anilines is 2. The van der Waals surface area contributed by atoms with Crippen LogP contribution in [0.25, 0.3) is 11.4 Å². The third-order valence-electron chi connectivity index (χ3n) is 5.63. The molecule has 0 bridgehead atoms. The van der Waals surface area contributed by atoms with Crippen LogP contribution in [0.3, 0.4) is 0 Å². The van der Waals surface area contributed by atoms with Crippen molar-refractivity contribution in [2.24, 2.45) is 0 Å². The summed E-state index contributed by atoms with van der Waals surface area (Å²) in [6, 6.07) is 9.94. The van der Waals surface area contributed by atoms with Crippen LogP contribution in [-0.2, 0) is 4.79 Å². The second-order valence-corrected chi connectivity index (χ2v) is 7.82. The largest absolute Gasteiger partial charge is 0.354 e. The van der Waals surface area contributed by atoms with E-state index in [1.165, 1.54) is 6.07 Å². The molecule has 0 atom stereocenters. The van der Waals surface area contributed by atoms with Crippen molar-refractivity contribution in [2.45, 2.75) is 13.8 Å². The standard InChI is InChI=1S/C23H25FN6O2/c1-15-16(2)26-22(28-23(15)32)17-7-8-20(25-13-17)30-11-9-29(10-12-30)14-21(31)27-19-6-4-3-5-18(19)24/h3-8,13H,9-12,14H2,1-2H3,(H,27,31)(H,26,28,32). The number of nitrogens with zero attached hydrogens (tertiary/aromatic N) is 4. The van der Waals surface area contributed by atoms with Gasteiger partial charge in [-0.25, -0.2) is 14.4 Å². The van der Waals surface area contributed by atoms with Gasteiger partial charge < -0.3 is 15.2 Å². The first-order valence-corrected chi connectivity index (χ1v) is 10.5. The van der Waals surface area contributed by atoms with Crippen LogP contribution < -0.4 is 15.8 Å². The van der Waals surface area contributed by atoms with Gasteiger partial charge in [-0.05, 0) is 38.1 Å². The van der Waals surface area contributed by atoms with Gasteiger partial charge in [0.2, 0.25) is 5.91 Å². The van der Waals surface area contributed by atoms with Gasteiger partial charge in [-0.2, -0.15) is 0 Å². The van der Waals surface area contributed by atoms with Crippen molar-refractivity contribution in [1.82, 2.24) is 19.9 Å². The molecule has 166 valence electrons. The molecule has 2 aromatic heterocycles. The van der Waals surface area contributed by atoms with Gasteiger partial charge in [0.25, 0.3) is 5.56 Å². The molecule has 1 aliphatic rings.